The maximum atomic E-state index is 10.9. The molecule has 1 N–H and O–H groups in total. The van der Waals surface area contributed by atoms with Crippen molar-refractivity contribution in [1.82, 2.24) is 0 Å². The van der Waals surface area contributed by atoms with E-state index in [0.717, 1.165) is 23.1 Å². The zero-order valence-corrected chi connectivity index (χ0v) is 13.5. The highest BCUT2D eigenvalue weighted by molar-refractivity contribution is 5.75. The van der Waals surface area contributed by atoms with Gasteiger partial charge in [0.2, 0.25) is 0 Å². The van der Waals surface area contributed by atoms with Crippen LogP contribution in [0.25, 0.3) is 11.1 Å². The molecule has 116 valence electrons. The van der Waals surface area contributed by atoms with Gasteiger partial charge in [-0.1, -0.05) is 58.0 Å². The van der Waals surface area contributed by atoms with Crippen LogP contribution in [0, 0.1) is 0 Å². The minimum Gasteiger partial charge on any atom is -0.449 e. The van der Waals surface area contributed by atoms with Gasteiger partial charge in [-0.05, 0) is 40.7 Å². The van der Waals surface area contributed by atoms with Gasteiger partial charge in [-0.15, -0.1) is 0 Å². The van der Waals surface area contributed by atoms with Gasteiger partial charge in [0.05, 0.1) is 0 Å². The zero-order chi connectivity index (χ0) is 16.3. The molecule has 0 fully saturated rings. The van der Waals surface area contributed by atoms with Crippen LogP contribution in [0.5, 0.6) is 5.75 Å². The summed E-state index contributed by atoms with van der Waals surface area (Å²) in [7, 11) is 0. The number of rotatable bonds is 3. The van der Waals surface area contributed by atoms with Crippen molar-refractivity contribution in [2.45, 2.75) is 39.5 Å². The van der Waals surface area contributed by atoms with Crippen LogP contribution in [-0.4, -0.2) is 11.3 Å². The first-order valence-corrected chi connectivity index (χ1v) is 7.46. The van der Waals surface area contributed by atoms with Gasteiger partial charge in [0, 0.05) is 5.56 Å². The molecule has 3 nitrogen and oxygen atoms in total. The van der Waals surface area contributed by atoms with Crippen LogP contribution < -0.4 is 4.74 Å². The molecular weight excluding hydrogens is 276 g/mol. The van der Waals surface area contributed by atoms with Crippen molar-refractivity contribution in [2.24, 2.45) is 0 Å². The summed E-state index contributed by atoms with van der Waals surface area (Å²) < 4.78 is 4.91. The van der Waals surface area contributed by atoms with Crippen molar-refractivity contribution in [1.29, 1.82) is 0 Å². The summed E-state index contributed by atoms with van der Waals surface area (Å²) >= 11 is 0. The molecule has 0 aromatic heterocycles. The maximum absolute atomic E-state index is 10.9. The second-order valence-corrected chi connectivity index (χ2v) is 6.38. The molecule has 2 aromatic rings. The fourth-order valence-electron chi connectivity index (χ4n) is 2.36. The lowest BCUT2D eigenvalue weighted by Gasteiger charge is -2.19. The van der Waals surface area contributed by atoms with Gasteiger partial charge in [0.25, 0.3) is 0 Å². The highest BCUT2D eigenvalue weighted by atomic mass is 16.7. The monoisotopic (exact) mass is 298 g/mol. The van der Waals surface area contributed by atoms with Gasteiger partial charge in [0.15, 0.2) is 0 Å². The molecule has 0 bridgehead atoms. The Balaban J connectivity index is 2.47. The van der Waals surface area contributed by atoms with Gasteiger partial charge in [0.1, 0.15) is 5.75 Å². The molecule has 22 heavy (non-hydrogen) atoms. The summed E-state index contributed by atoms with van der Waals surface area (Å²) in [5, 5.41) is 8.89. The summed E-state index contributed by atoms with van der Waals surface area (Å²) in [5.74, 6) is 0.369. The number of carbonyl (C=O) groups is 1. The first-order chi connectivity index (χ1) is 10.3. The second kappa shape index (κ2) is 6.22. The Morgan fingerprint density at radius 2 is 1.73 bits per heavy atom. The number of hydrogen-bond donors (Lipinski definition) is 1. The number of carboxylic acid groups (broad SMARTS) is 1. The van der Waals surface area contributed by atoms with E-state index in [0.29, 0.717) is 5.75 Å². The van der Waals surface area contributed by atoms with E-state index in [-0.39, 0.29) is 5.41 Å². The Bertz CT molecular complexity index is 664. The van der Waals surface area contributed by atoms with Crippen LogP contribution >= 0.6 is 0 Å². The third-order valence-electron chi connectivity index (χ3n) is 3.71. The number of aryl methyl sites for hydroxylation is 1. The molecule has 0 spiro atoms. The Morgan fingerprint density at radius 1 is 1.09 bits per heavy atom. The lowest BCUT2D eigenvalue weighted by Crippen LogP contribution is -2.10. The summed E-state index contributed by atoms with van der Waals surface area (Å²) in [5.41, 5.74) is 4.24. The van der Waals surface area contributed by atoms with Gasteiger partial charge in [-0.25, -0.2) is 4.79 Å². The molecule has 2 aromatic carbocycles. The summed E-state index contributed by atoms with van der Waals surface area (Å²) in [6, 6.07) is 13.8. The minimum atomic E-state index is -1.29. The molecule has 3 heteroatoms. The Morgan fingerprint density at radius 3 is 2.23 bits per heavy atom. The number of benzene rings is 2. The second-order valence-electron chi connectivity index (χ2n) is 6.38. The van der Waals surface area contributed by atoms with Crippen molar-refractivity contribution in [3.63, 3.8) is 0 Å². The van der Waals surface area contributed by atoms with Crippen LogP contribution in [0.1, 0.15) is 38.8 Å². The quantitative estimate of drug-likeness (QED) is 0.620. The van der Waals surface area contributed by atoms with Gasteiger partial charge >= 0.3 is 6.16 Å². The van der Waals surface area contributed by atoms with Gasteiger partial charge < -0.3 is 9.84 Å². The molecule has 0 aliphatic rings. The standard InChI is InChI=1S/C19H22O3/c1-5-13-6-11-17(22-18(20)21)16(12-13)14-7-9-15(10-8-14)19(2,3)4/h6-12H,5H2,1-4H3,(H,20,21). The van der Waals surface area contributed by atoms with E-state index in [9.17, 15) is 4.79 Å². The molecule has 0 aliphatic carbocycles. The Labute approximate surface area is 131 Å². The molecule has 0 amide bonds. The predicted molar refractivity (Wildman–Crippen MR) is 88.6 cm³/mol. The van der Waals surface area contributed by atoms with Crippen molar-refractivity contribution in [2.75, 3.05) is 0 Å². The SMILES string of the molecule is CCc1ccc(OC(=O)O)c(-c2ccc(C(C)(C)C)cc2)c1. The first kappa shape index (κ1) is 16.1. The van der Waals surface area contributed by atoms with Gasteiger partial charge in [-0.3, -0.25) is 0 Å². The Kier molecular flexibility index (Phi) is 4.55. The lowest BCUT2D eigenvalue weighted by atomic mass is 9.86. The van der Waals surface area contributed by atoms with Crippen molar-refractivity contribution in [3.05, 3.63) is 53.6 Å². The average Bonchev–Trinajstić information content (AvgIpc) is 2.46. The van der Waals surface area contributed by atoms with E-state index in [1.54, 1.807) is 6.07 Å². The van der Waals surface area contributed by atoms with E-state index in [2.05, 4.69) is 39.8 Å². The topological polar surface area (TPSA) is 46.5 Å². The molecular formula is C19H22O3. The van der Waals surface area contributed by atoms with Crippen LogP contribution in [0.15, 0.2) is 42.5 Å². The molecule has 0 heterocycles. The molecule has 0 atom stereocenters. The molecule has 0 aliphatic heterocycles. The third kappa shape index (κ3) is 3.67. The van der Waals surface area contributed by atoms with Crippen LogP contribution in [0.2, 0.25) is 0 Å². The van der Waals surface area contributed by atoms with Crippen LogP contribution in [0.3, 0.4) is 0 Å². The third-order valence-corrected chi connectivity index (χ3v) is 3.71. The largest absolute Gasteiger partial charge is 0.511 e. The normalized spacial score (nSPS) is 11.3. The average molecular weight is 298 g/mol. The van der Waals surface area contributed by atoms with Crippen LogP contribution in [0.4, 0.5) is 4.79 Å². The minimum absolute atomic E-state index is 0.0875. The summed E-state index contributed by atoms with van der Waals surface area (Å²) in [6.07, 6.45) is -0.405. The van der Waals surface area contributed by atoms with Crippen molar-refractivity contribution >= 4 is 6.16 Å². The van der Waals surface area contributed by atoms with E-state index in [1.807, 2.05) is 24.3 Å². The fourth-order valence-corrected chi connectivity index (χ4v) is 2.36. The summed E-state index contributed by atoms with van der Waals surface area (Å²) in [4.78, 5) is 10.9. The molecule has 0 saturated heterocycles. The zero-order valence-electron chi connectivity index (χ0n) is 13.5. The van der Waals surface area contributed by atoms with E-state index < -0.39 is 6.16 Å². The van der Waals surface area contributed by atoms with E-state index >= 15 is 0 Å². The van der Waals surface area contributed by atoms with E-state index in [1.165, 1.54) is 5.56 Å². The number of hydrogen-bond acceptors (Lipinski definition) is 2. The van der Waals surface area contributed by atoms with Gasteiger partial charge in [-0.2, -0.15) is 0 Å². The highest BCUT2D eigenvalue weighted by Crippen LogP contribution is 2.33. The van der Waals surface area contributed by atoms with Crippen molar-refractivity contribution in [3.8, 4) is 16.9 Å². The van der Waals surface area contributed by atoms with Crippen LogP contribution in [-0.2, 0) is 11.8 Å². The maximum Gasteiger partial charge on any atom is 0.511 e. The molecule has 2 rings (SSSR count). The van der Waals surface area contributed by atoms with E-state index in [4.69, 9.17) is 9.84 Å². The van der Waals surface area contributed by atoms with Crippen molar-refractivity contribution < 1.29 is 14.6 Å². The molecule has 0 unspecified atom stereocenters. The lowest BCUT2D eigenvalue weighted by molar-refractivity contribution is 0.144. The molecule has 0 radical (unpaired) electrons. The number of ether oxygens (including phenoxy) is 1. The highest BCUT2D eigenvalue weighted by Gasteiger charge is 2.15. The smallest absolute Gasteiger partial charge is 0.449 e. The first-order valence-electron chi connectivity index (χ1n) is 7.46. The summed E-state index contributed by atoms with van der Waals surface area (Å²) in [6.45, 7) is 8.57. The predicted octanol–water partition coefficient (Wildman–Crippen LogP) is 5.27. The fraction of sp³-hybridized carbons (Fsp3) is 0.316. The molecule has 0 saturated carbocycles. The Hall–Kier alpha value is -2.29.